The number of nitriles is 1. The van der Waals surface area contributed by atoms with E-state index >= 15 is 0 Å². The number of nitrogens with zero attached hydrogens (tertiary/aromatic N) is 5. The third-order valence-corrected chi connectivity index (χ3v) is 5.53. The number of benzene rings is 1. The SMILES string of the molecule is CN=C(NCc1cn2c(C)cccc2n1)NC1CCCN(c2ccccc2C#N)C1.I. The van der Waals surface area contributed by atoms with Crippen molar-refractivity contribution in [1.29, 1.82) is 5.26 Å². The van der Waals surface area contributed by atoms with Crippen molar-refractivity contribution < 1.29 is 0 Å². The molecule has 0 saturated carbocycles. The van der Waals surface area contributed by atoms with Gasteiger partial charge in [0, 0.05) is 38.1 Å². The van der Waals surface area contributed by atoms with Crippen molar-refractivity contribution in [3.8, 4) is 6.07 Å². The highest BCUT2D eigenvalue weighted by Gasteiger charge is 2.22. The molecule has 0 spiro atoms. The Kier molecular flexibility index (Phi) is 7.74. The van der Waals surface area contributed by atoms with Crippen LogP contribution in [0, 0.1) is 18.3 Å². The van der Waals surface area contributed by atoms with Gasteiger partial charge in [-0.05, 0) is 44.0 Å². The van der Waals surface area contributed by atoms with E-state index in [4.69, 9.17) is 0 Å². The highest BCUT2D eigenvalue weighted by molar-refractivity contribution is 14.0. The number of aliphatic imine (C=N–C) groups is 1. The first-order valence-electron chi connectivity index (χ1n) is 10.3. The Morgan fingerprint density at radius 2 is 2.10 bits per heavy atom. The largest absolute Gasteiger partial charge is 0.368 e. The Morgan fingerprint density at radius 1 is 1.26 bits per heavy atom. The van der Waals surface area contributed by atoms with Gasteiger partial charge in [-0.3, -0.25) is 4.99 Å². The molecule has 0 aliphatic carbocycles. The van der Waals surface area contributed by atoms with Crippen molar-refractivity contribution in [3.05, 3.63) is 65.6 Å². The molecule has 162 valence electrons. The second-order valence-electron chi connectivity index (χ2n) is 7.61. The number of anilines is 1. The highest BCUT2D eigenvalue weighted by Crippen LogP contribution is 2.23. The molecule has 2 aromatic heterocycles. The number of aryl methyl sites for hydroxylation is 1. The van der Waals surface area contributed by atoms with Gasteiger partial charge in [-0.25, -0.2) is 4.98 Å². The van der Waals surface area contributed by atoms with Crippen LogP contribution < -0.4 is 15.5 Å². The van der Waals surface area contributed by atoms with Crippen LogP contribution in [0.3, 0.4) is 0 Å². The molecule has 1 fully saturated rings. The number of para-hydroxylation sites is 1. The molecule has 1 saturated heterocycles. The lowest BCUT2D eigenvalue weighted by molar-refractivity contribution is 0.467. The smallest absolute Gasteiger partial charge is 0.191 e. The lowest BCUT2D eigenvalue weighted by Gasteiger charge is -2.35. The van der Waals surface area contributed by atoms with E-state index < -0.39 is 0 Å². The van der Waals surface area contributed by atoms with Crippen molar-refractivity contribution in [2.24, 2.45) is 4.99 Å². The van der Waals surface area contributed by atoms with Crippen LogP contribution >= 0.6 is 24.0 Å². The van der Waals surface area contributed by atoms with Crippen LogP contribution in [0.5, 0.6) is 0 Å². The average Bonchev–Trinajstić information content (AvgIpc) is 3.21. The molecule has 0 radical (unpaired) electrons. The van der Waals surface area contributed by atoms with Crippen LogP contribution in [0.25, 0.3) is 5.65 Å². The van der Waals surface area contributed by atoms with E-state index in [1.807, 2.05) is 36.4 Å². The highest BCUT2D eigenvalue weighted by atomic mass is 127. The van der Waals surface area contributed by atoms with Gasteiger partial charge in [0.2, 0.25) is 0 Å². The summed E-state index contributed by atoms with van der Waals surface area (Å²) in [4.78, 5) is 11.4. The van der Waals surface area contributed by atoms with Gasteiger partial charge in [-0.1, -0.05) is 18.2 Å². The Morgan fingerprint density at radius 3 is 2.87 bits per heavy atom. The fourth-order valence-corrected chi connectivity index (χ4v) is 4.00. The molecule has 31 heavy (non-hydrogen) atoms. The summed E-state index contributed by atoms with van der Waals surface area (Å²) in [6.45, 7) is 4.48. The van der Waals surface area contributed by atoms with Gasteiger partial charge in [-0.15, -0.1) is 24.0 Å². The number of aromatic nitrogens is 2. The summed E-state index contributed by atoms with van der Waals surface area (Å²) in [5.74, 6) is 0.768. The molecule has 8 heteroatoms. The summed E-state index contributed by atoms with van der Waals surface area (Å²) in [5.41, 5.74) is 4.82. The van der Waals surface area contributed by atoms with Crippen molar-refractivity contribution in [1.82, 2.24) is 20.0 Å². The van der Waals surface area contributed by atoms with Gasteiger partial charge in [0.15, 0.2) is 5.96 Å². The van der Waals surface area contributed by atoms with Gasteiger partial charge in [0.05, 0.1) is 23.5 Å². The van der Waals surface area contributed by atoms with E-state index in [1.54, 1.807) is 7.05 Å². The van der Waals surface area contributed by atoms with E-state index in [1.165, 1.54) is 0 Å². The van der Waals surface area contributed by atoms with Crippen molar-refractivity contribution in [2.45, 2.75) is 32.4 Å². The molecule has 1 unspecified atom stereocenters. The summed E-state index contributed by atoms with van der Waals surface area (Å²) in [6, 6.07) is 16.5. The maximum absolute atomic E-state index is 9.42. The summed E-state index contributed by atoms with van der Waals surface area (Å²) in [6.07, 6.45) is 4.20. The van der Waals surface area contributed by atoms with Crippen LogP contribution in [-0.2, 0) is 6.54 Å². The average molecular weight is 529 g/mol. The van der Waals surface area contributed by atoms with E-state index in [0.29, 0.717) is 6.54 Å². The molecule has 1 atom stereocenters. The number of imidazole rings is 1. The van der Waals surface area contributed by atoms with E-state index in [2.05, 4.69) is 55.2 Å². The number of hydrogen-bond donors (Lipinski definition) is 2. The summed E-state index contributed by atoms with van der Waals surface area (Å²) in [7, 11) is 1.79. The van der Waals surface area contributed by atoms with Crippen molar-refractivity contribution in [2.75, 3.05) is 25.0 Å². The molecule has 3 aromatic rings. The monoisotopic (exact) mass is 529 g/mol. The van der Waals surface area contributed by atoms with Gasteiger partial charge in [0.25, 0.3) is 0 Å². The summed E-state index contributed by atoms with van der Waals surface area (Å²) >= 11 is 0. The van der Waals surface area contributed by atoms with Crippen LogP contribution in [0.15, 0.2) is 53.7 Å². The number of fused-ring (bicyclic) bond motifs is 1. The molecular formula is C23H28IN7. The molecule has 1 aliphatic rings. The molecule has 0 amide bonds. The number of rotatable bonds is 4. The van der Waals surface area contributed by atoms with Crippen molar-refractivity contribution >= 4 is 41.3 Å². The fraction of sp³-hybridized carbons (Fsp3) is 0.348. The Hall–Kier alpha value is -2.80. The van der Waals surface area contributed by atoms with E-state index in [9.17, 15) is 5.26 Å². The van der Waals surface area contributed by atoms with Crippen LogP contribution in [0.2, 0.25) is 0 Å². The van der Waals surface area contributed by atoms with Gasteiger partial charge in [0.1, 0.15) is 11.7 Å². The first kappa shape index (κ1) is 22.9. The number of hydrogen-bond acceptors (Lipinski definition) is 4. The third kappa shape index (κ3) is 5.28. The van der Waals surface area contributed by atoms with Crippen LogP contribution in [0.4, 0.5) is 5.69 Å². The molecule has 7 nitrogen and oxygen atoms in total. The zero-order valence-corrected chi connectivity index (χ0v) is 20.2. The number of halogens is 1. The topological polar surface area (TPSA) is 80.8 Å². The number of piperidine rings is 1. The summed E-state index contributed by atoms with van der Waals surface area (Å²) in [5, 5.41) is 16.3. The second-order valence-corrected chi connectivity index (χ2v) is 7.61. The first-order valence-corrected chi connectivity index (χ1v) is 10.3. The standard InChI is InChI=1S/C23H27N7.HI/c1-17-7-5-11-22-27-20(16-30(17)22)14-26-23(25-2)28-19-9-6-12-29(15-19)21-10-4-3-8-18(21)13-24;/h3-5,7-8,10-11,16,19H,6,9,12,14-15H2,1-2H3,(H2,25,26,28);1H. The molecule has 1 aromatic carbocycles. The zero-order valence-electron chi connectivity index (χ0n) is 17.9. The molecule has 2 N–H and O–H groups in total. The van der Waals surface area contributed by atoms with Gasteiger partial charge >= 0.3 is 0 Å². The predicted octanol–water partition coefficient (Wildman–Crippen LogP) is 3.47. The number of nitrogens with one attached hydrogen (secondary N) is 2. The molecule has 4 rings (SSSR count). The van der Waals surface area contributed by atoms with Crippen LogP contribution in [-0.4, -0.2) is 41.5 Å². The predicted molar refractivity (Wildman–Crippen MR) is 135 cm³/mol. The minimum absolute atomic E-state index is 0. The Balaban J connectivity index is 0.00000272. The van der Waals surface area contributed by atoms with E-state index in [0.717, 1.165) is 60.2 Å². The van der Waals surface area contributed by atoms with Gasteiger partial charge < -0.3 is 19.9 Å². The van der Waals surface area contributed by atoms with Crippen LogP contribution in [0.1, 0.15) is 29.8 Å². The normalized spacial score (nSPS) is 16.5. The maximum atomic E-state index is 9.42. The second kappa shape index (κ2) is 10.5. The minimum atomic E-state index is 0. The van der Waals surface area contributed by atoms with Gasteiger partial charge in [-0.2, -0.15) is 5.26 Å². The molecular weight excluding hydrogens is 501 g/mol. The van der Waals surface area contributed by atoms with Crippen molar-refractivity contribution in [3.63, 3.8) is 0 Å². The lowest BCUT2D eigenvalue weighted by atomic mass is 10.0. The molecule has 0 bridgehead atoms. The third-order valence-electron chi connectivity index (χ3n) is 5.53. The zero-order chi connectivity index (χ0) is 20.9. The summed E-state index contributed by atoms with van der Waals surface area (Å²) < 4.78 is 2.10. The Labute approximate surface area is 200 Å². The Bertz CT molecular complexity index is 1100. The quantitative estimate of drug-likeness (QED) is 0.308. The first-order chi connectivity index (χ1) is 14.7. The number of guanidine groups is 1. The van der Waals surface area contributed by atoms with E-state index in [-0.39, 0.29) is 30.0 Å². The maximum Gasteiger partial charge on any atom is 0.191 e. The lowest BCUT2D eigenvalue weighted by Crippen LogP contribution is -2.51. The minimum Gasteiger partial charge on any atom is -0.368 e. The molecule has 1 aliphatic heterocycles. The molecule has 3 heterocycles. The fourth-order valence-electron chi connectivity index (χ4n) is 4.00. The number of pyridine rings is 1.